The largest absolute Gasteiger partial charge is 0.401 e. The fraction of sp³-hybridized carbons (Fsp3) is 0.448. The minimum atomic E-state index is 0.232. The Hall–Kier alpha value is -2.37. The molecule has 180 valence electrons. The summed E-state index contributed by atoms with van der Waals surface area (Å²) in [6.45, 7) is 5.17. The summed E-state index contributed by atoms with van der Waals surface area (Å²) >= 11 is 1.78. The Bertz CT molecular complexity index is 1080. The molecule has 0 radical (unpaired) electrons. The molecule has 2 aromatic rings. The van der Waals surface area contributed by atoms with Gasteiger partial charge in [-0.1, -0.05) is 37.1 Å². The van der Waals surface area contributed by atoms with Crippen LogP contribution in [0.2, 0.25) is 0 Å². The number of allylic oxidation sites excluding steroid dienone is 1. The molecular weight excluding hydrogens is 436 g/mol. The fourth-order valence-electron chi connectivity index (χ4n) is 5.83. The third-order valence-electron chi connectivity index (χ3n) is 7.69. The molecule has 2 aromatic carbocycles. The fourth-order valence-corrected chi connectivity index (χ4v) is 6.29. The molecule has 34 heavy (non-hydrogen) atoms. The van der Waals surface area contributed by atoms with E-state index in [1.54, 1.807) is 11.8 Å². The highest BCUT2D eigenvalue weighted by Crippen LogP contribution is 2.36. The monoisotopic (exact) mass is 474 g/mol. The van der Waals surface area contributed by atoms with Gasteiger partial charge in [-0.15, -0.1) is 11.8 Å². The van der Waals surface area contributed by atoms with Crippen molar-refractivity contribution < 1.29 is 0 Å². The van der Waals surface area contributed by atoms with Crippen molar-refractivity contribution in [1.82, 2.24) is 10.2 Å². The molecular formula is C29H38N4S. The summed E-state index contributed by atoms with van der Waals surface area (Å²) in [7, 11) is 0. The van der Waals surface area contributed by atoms with Crippen molar-refractivity contribution >= 4 is 28.7 Å². The Labute approximate surface area is 209 Å². The average molecular weight is 475 g/mol. The molecule has 2 aliphatic heterocycles. The van der Waals surface area contributed by atoms with Crippen LogP contribution in [0.5, 0.6) is 0 Å². The van der Waals surface area contributed by atoms with Crippen LogP contribution in [0.3, 0.4) is 0 Å². The Balaban J connectivity index is 1.45. The van der Waals surface area contributed by atoms with Crippen molar-refractivity contribution in [2.75, 3.05) is 31.2 Å². The van der Waals surface area contributed by atoms with Crippen molar-refractivity contribution in [2.45, 2.75) is 62.4 Å². The van der Waals surface area contributed by atoms with E-state index in [0.717, 1.165) is 43.4 Å². The zero-order valence-corrected chi connectivity index (χ0v) is 21.4. The number of nitrogens with one attached hydrogen (secondary N) is 2. The lowest BCUT2D eigenvalue weighted by Gasteiger charge is -2.32. The predicted molar refractivity (Wildman–Crippen MR) is 147 cm³/mol. The average Bonchev–Trinajstić information content (AvgIpc) is 3.35. The Kier molecular flexibility index (Phi) is 7.21. The third-order valence-corrected chi connectivity index (χ3v) is 8.41. The molecule has 5 rings (SSSR count). The summed E-state index contributed by atoms with van der Waals surface area (Å²) in [4.78, 5) is 3.98. The minimum absolute atomic E-state index is 0.232. The first-order chi connectivity index (χ1) is 16.6. The van der Waals surface area contributed by atoms with Crippen LogP contribution in [-0.4, -0.2) is 36.8 Å². The molecule has 1 aliphatic carbocycles. The van der Waals surface area contributed by atoms with E-state index in [-0.39, 0.29) is 6.04 Å². The van der Waals surface area contributed by atoms with Gasteiger partial charge in [0.1, 0.15) is 0 Å². The molecule has 2 heterocycles. The normalized spacial score (nSPS) is 23.0. The first kappa shape index (κ1) is 23.4. The highest BCUT2D eigenvalue weighted by Gasteiger charge is 2.26. The van der Waals surface area contributed by atoms with E-state index >= 15 is 0 Å². The van der Waals surface area contributed by atoms with Gasteiger partial charge in [0, 0.05) is 47.5 Å². The van der Waals surface area contributed by atoms with Gasteiger partial charge >= 0.3 is 0 Å². The van der Waals surface area contributed by atoms with Crippen molar-refractivity contribution in [1.29, 1.82) is 0 Å². The molecule has 3 aliphatic rings. The highest BCUT2D eigenvalue weighted by molar-refractivity contribution is 7.98. The van der Waals surface area contributed by atoms with Crippen LogP contribution in [0.25, 0.3) is 11.3 Å². The summed E-state index contributed by atoms with van der Waals surface area (Å²) < 4.78 is 0. The maximum atomic E-state index is 6.32. The topological polar surface area (TPSA) is 53.3 Å². The molecule has 0 amide bonds. The number of hydrogen-bond donors (Lipinski definition) is 3. The van der Waals surface area contributed by atoms with Crippen LogP contribution in [-0.2, 0) is 0 Å². The molecule has 1 atom stereocenters. The highest BCUT2D eigenvalue weighted by atomic mass is 32.2. The van der Waals surface area contributed by atoms with Crippen molar-refractivity contribution in [3.8, 4) is 0 Å². The second-order valence-corrected chi connectivity index (χ2v) is 10.8. The molecule has 1 saturated carbocycles. The smallest absolute Gasteiger partial charge is 0.0605 e. The van der Waals surface area contributed by atoms with E-state index in [9.17, 15) is 0 Å². The summed E-state index contributed by atoms with van der Waals surface area (Å²) in [5, 5.41) is 7.44. The van der Waals surface area contributed by atoms with Gasteiger partial charge in [-0.05, 0) is 79.8 Å². The number of nitrogens with two attached hydrogens (primary N) is 1. The number of rotatable bonds is 5. The SMILES string of the molecule is CSc1cccc(NC2CCN/C(=C(/C)N)c3ccc(C4=CCN(C5CCCC5)CC4)cc32)c1. The number of fused-ring (bicyclic) bond motifs is 1. The Morgan fingerprint density at radius 1 is 1.12 bits per heavy atom. The molecule has 0 saturated heterocycles. The first-order valence-corrected chi connectivity index (χ1v) is 14.0. The van der Waals surface area contributed by atoms with Gasteiger partial charge in [-0.3, -0.25) is 4.90 Å². The predicted octanol–water partition coefficient (Wildman–Crippen LogP) is 6.23. The van der Waals surface area contributed by atoms with E-state index in [2.05, 4.69) is 70.3 Å². The van der Waals surface area contributed by atoms with Crippen molar-refractivity contribution in [2.24, 2.45) is 5.73 Å². The second-order valence-electron chi connectivity index (χ2n) is 9.92. The summed E-state index contributed by atoms with van der Waals surface area (Å²) in [5.74, 6) is 0. The first-order valence-electron chi connectivity index (χ1n) is 12.8. The Morgan fingerprint density at radius 3 is 2.71 bits per heavy atom. The quantitative estimate of drug-likeness (QED) is 0.448. The van der Waals surface area contributed by atoms with Crippen molar-refractivity contribution in [3.05, 3.63) is 70.9 Å². The van der Waals surface area contributed by atoms with Crippen LogP contribution < -0.4 is 16.4 Å². The zero-order chi connectivity index (χ0) is 23.5. The number of thioether (sulfide) groups is 1. The molecule has 4 N–H and O–H groups in total. The van der Waals surface area contributed by atoms with Crippen LogP contribution in [0.4, 0.5) is 5.69 Å². The maximum Gasteiger partial charge on any atom is 0.0605 e. The minimum Gasteiger partial charge on any atom is -0.401 e. The molecule has 0 bridgehead atoms. The Morgan fingerprint density at radius 2 is 1.97 bits per heavy atom. The van der Waals surface area contributed by atoms with E-state index < -0.39 is 0 Å². The van der Waals surface area contributed by atoms with Gasteiger partial charge < -0.3 is 16.4 Å². The lowest BCUT2D eigenvalue weighted by Crippen LogP contribution is -2.36. The molecule has 5 heteroatoms. The van der Waals surface area contributed by atoms with Gasteiger partial charge in [-0.25, -0.2) is 0 Å². The summed E-state index contributed by atoms with van der Waals surface area (Å²) in [6, 6.07) is 16.8. The van der Waals surface area contributed by atoms with Gasteiger partial charge in [0.25, 0.3) is 0 Å². The van der Waals surface area contributed by atoms with Gasteiger partial charge in [0.15, 0.2) is 0 Å². The zero-order valence-electron chi connectivity index (χ0n) is 20.6. The van der Waals surface area contributed by atoms with E-state index in [1.807, 2.05) is 6.92 Å². The van der Waals surface area contributed by atoms with Crippen LogP contribution in [0.15, 0.2) is 59.1 Å². The molecule has 0 aromatic heterocycles. The number of anilines is 1. The van der Waals surface area contributed by atoms with Gasteiger partial charge in [-0.2, -0.15) is 0 Å². The second kappa shape index (κ2) is 10.5. The maximum absolute atomic E-state index is 6.32. The molecule has 1 fully saturated rings. The van der Waals surface area contributed by atoms with E-state index in [0.29, 0.717) is 0 Å². The molecule has 4 nitrogen and oxygen atoms in total. The summed E-state index contributed by atoms with van der Waals surface area (Å²) in [6.07, 6.45) is 12.3. The van der Waals surface area contributed by atoms with E-state index in [4.69, 9.17) is 5.73 Å². The number of hydrogen-bond acceptors (Lipinski definition) is 5. The number of nitrogens with zero attached hydrogens (tertiary/aromatic N) is 1. The lowest BCUT2D eigenvalue weighted by atomic mass is 9.90. The summed E-state index contributed by atoms with van der Waals surface area (Å²) in [5.41, 5.74) is 14.9. The van der Waals surface area contributed by atoms with Crippen LogP contribution >= 0.6 is 11.8 Å². The van der Waals surface area contributed by atoms with Crippen LogP contribution in [0, 0.1) is 0 Å². The number of benzene rings is 2. The molecule has 0 spiro atoms. The van der Waals surface area contributed by atoms with Gasteiger partial charge in [0.2, 0.25) is 0 Å². The standard InChI is InChI=1S/C29H38N4S/c1-20(30)29-26-11-10-22(21-13-16-33(17-14-21)24-7-3-4-8-24)18-27(26)28(12-15-31-29)32-23-6-5-9-25(19-23)34-2/h5-6,9-11,13,18-19,24,28,31-32H,3-4,7-8,12,14-17,30H2,1-2H3/b29-20-. The lowest BCUT2D eigenvalue weighted by molar-refractivity contribution is 0.219. The van der Waals surface area contributed by atoms with Gasteiger partial charge in [0.05, 0.1) is 11.7 Å². The van der Waals surface area contributed by atoms with Crippen LogP contribution in [0.1, 0.15) is 68.2 Å². The molecule has 1 unspecified atom stereocenters. The third kappa shape index (κ3) is 5.01. The van der Waals surface area contributed by atoms with E-state index in [1.165, 1.54) is 65.1 Å². The van der Waals surface area contributed by atoms with Crippen molar-refractivity contribution in [3.63, 3.8) is 0 Å².